The van der Waals surface area contributed by atoms with E-state index >= 15 is 0 Å². The number of amides is 4. The monoisotopic (exact) mass is 445 g/mol. The summed E-state index contributed by atoms with van der Waals surface area (Å²) < 4.78 is 0. The Bertz CT molecular complexity index is 1110. The zero-order valence-electron chi connectivity index (χ0n) is 17.5. The molecule has 0 aliphatic carbocycles. The van der Waals surface area contributed by atoms with Crippen LogP contribution in [0.2, 0.25) is 0 Å². The van der Waals surface area contributed by atoms with Gasteiger partial charge in [-0.05, 0) is 29.7 Å². The van der Waals surface area contributed by atoms with Gasteiger partial charge in [-0.2, -0.15) is 5.01 Å². The maximum Gasteiger partial charge on any atom is 0.344 e. The number of hydrogen-bond acceptors (Lipinski definition) is 4. The molecule has 0 saturated carbocycles. The minimum Gasteiger partial charge on any atom is -0.318 e. The van der Waals surface area contributed by atoms with Gasteiger partial charge >= 0.3 is 6.03 Å². The molecular weight excluding hydrogens is 422 g/mol. The van der Waals surface area contributed by atoms with Crippen molar-refractivity contribution in [3.05, 3.63) is 102 Å². The second-order valence-electron chi connectivity index (χ2n) is 7.39. The van der Waals surface area contributed by atoms with Gasteiger partial charge in [-0.1, -0.05) is 85.8 Å². The Morgan fingerprint density at radius 2 is 1.50 bits per heavy atom. The Kier molecular flexibility index (Phi) is 6.28. The molecule has 0 aromatic heterocycles. The van der Waals surface area contributed by atoms with Crippen molar-refractivity contribution < 1.29 is 14.4 Å². The van der Waals surface area contributed by atoms with Gasteiger partial charge in [0.2, 0.25) is 0 Å². The fourth-order valence-corrected chi connectivity index (χ4v) is 4.78. The number of hydrazine groups is 1. The summed E-state index contributed by atoms with van der Waals surface area (Å²) in [5.41, 5.74) is 2.81. The normalized spacial score (nSPS) is 18.8. The topological polar surface area (TPSA) is 78.5 Å². The van der Waals surface area contributed by atoms with Crippen molar-refractivity contribution in [1.29, 1.82) is 0 Å². The Balaban J connectivity index is 1.60. The minimum atomic E-state index is -1.21. The third-order valence-electron chi connectivity index (χ3n) is 5.45. The van der Waals surface area contributed by atoms with E-state index in [1.807, 2.05) is 85.8 Å². The first-order chi connectivity index (χ1) is 15.5. The van der Waals surface area contributed by atoms with E-state index in [0.717, 1.165) is 15.5 Å². The van der Waals surface area contributed by atoms with Crippen LogP contribution in [0.15, 0.2) is 95.9 Å². The number of carbonyl (C=O) groups excluding carboxylic acids is 3. The lowest BCUT2D eigenvalue weighted by atomic mass is 9.87. The molecule has 0 spiro atoms. The van der Waals surface area contributed by atoms with Crippen LogP contribution in [0.25, 0.3) is 0 Å². The summed E-state index contributed by atoms with van der Waals surface area (Å²) in [6.07, 6.45) is 0.356. The van der Waals surface area contributed by atoms with Crippen LogP contribution in [0.3, 0.4) is 0 Å². The molecule has 4 amide bonds. The molecule has 162 valence electrons. The molecule has 7 heteroatoms. The summed E-state index contributed by atoms with van der Waals surface area (Å²) in [6.45, 7) is 1.83. The number of thioether (sulfide) groups is 1. The van der Waals surface area contributed by atoms with Crippen LogP contribution in [0.5, 0.6) is 0 Å². The smallest absolute Gasteiger partial charge is 0.318 e. The number of imide groups is 1. The number of benzene rings is 3. The number of nitrogens with one attached hydrogen (secondary N) is 2. The minimum absolute atomic E-state index is 0.356. The Morgan fingerprint density at radius 1 is 0.938 bits per heavy atom. The number of carbonyl (C=O) groups is 3. The molecule has 1 aliphatic heterocycles. The van der Waals surface area contributed by atoms with Crippen molar-refractivity contribution in [3.63, 3.8) is 0 Å². The van der Waals surface area contributed by atoms with E-state index in [-0.39, 0.29) is 0 Å². The third kappa shape index (κ3) is 4.11. The zero-order valence-corrected chi connectivity index (χ0v) is 18.3. The van der Waals surface area contributed by atoms with Gasteiger partial charge in [0.15, 0.2) is 0 Å². The third-order valence-corrected chi connectivity index (χ3v) is 6.71. The molecule has 0 unspecified atom stereocenters. The molecule has 0 bridgehead atoms. The van der Waals surface area contributed by atoms with Gasteiger partial charge < -0.3 is 5.32 Å². The molecule has 3 aromatic carbocycles. The number of nitrogens with zero attached hydrogens (tertiary/aromatic N) is 1. The van der Waals surface area contributed by atoms with Gasteiger partial charge in [-0.3, -0.25) is 15.0 Å². The highest BCUT2D eigenvalue weighted by atomic mass is 32.2. The fraction of sp³-hybridized carbons (Fsp3) is 0.160. The molecule has 1 heterocycles. The van der Waals surface area contributed by atoms with E-state index in [1.165, 1.54) is 11.8 Å². The van der Waals surface area contributed by atoms with Gasteiger partial charge in [0.25, 0.3) is 11.8 Å². The molecule has 6 nitrogen and oxygen atoms in total. The number of urea groups is 1. The van der Waals surface area contributed by atoms with E-state index < -0.39 is 28.6 Å². The zero-order chi connectivity index (χ0) is 22.6. The van der Waals surface area contributed by atoms with Crippen LogP contribution in [0, 0.1) is 0 Å². The molecular formula is C25H23N3O3S. The molecule has 4 rings (SSSR count). The van der Waals surface area contributed by atoms with Crippen LogP contribution in [0.1, 0.15) is 29.7 Å². The Morgan fingerprint density at radius 3 is 2.09 bits per heavy atom. The molecule has 1 saturated heterocycles. The summed E-state index contributed by atoms with van der Waals surface area (Å²) in [5, 5.41) is 2.94. The maximum absolute atomic E-state index is 13.3. The molecule has 2 atom stereocenters. The van der Waals surface area contributed by atoms with Gasteiger partial charge in [0.1, 0.15) is 10.8 Å². The first kappa shape index (κ1) is 21.6. The van der Waals surface area contributed by atoms with E-state index in [4.69, 9.17) is 0 Å². The molecule has 1 fully saturated rings. The van der Waals surface area contributed by atoms with E-state index in [0.29, 0.717) is 12.0 Å². The van der Waals surface area contributed by atoms with Crippen molar-refractivity contribution in [2.24, 2.45) is 0 Å². The predicted molar refractivity (Wildman–Crippen MR) is 123 cm³/mol. The first-order valence-electron chi connectivity index (χ1n) is 10.3. The average Bonchev–Trinajstić information content (AvgIpc) is 3.09. The lowest BCUT2D eigenvalue weighted by Gasteiger charge is -2.26. The highest BCUT2D eigenvalue weighted by Gasteiger charge is 2.52. The highest BCUT2D eigenvalue weighted by molar-refractivity contribution is 8.00. The number of rotatable bonds is 7. The maximum atomic E-state index is 13.3. The summed E-state index contributed by atoms with van der Waals surface area (Å²) in [5.74, 6) is -0.949. The van der Waals surface area contributed by atoms with Crippen molar-refractivity contribution >= 4 is 29.6 Å². The molecule has 2 N–H and O–H groups in total. The van der Waals surface area contributed by atoms with Crippen LogP contribution in [-0.2, 0) is 15.1 Å². The van der Waals surface area contributed by atoms with E-state index in [1.54, 1.807) is 12.1 Å². The summed E-state index contributed by atoms with van der Waals surface area (Å²) in [7, 11) is 0. The lowest BCUT2D eigenvalue weighted by Crippen LogP contribution is -2.49. The van der Waals surface area contributed by atoms with E-state index in [9.17, 15) is 14.4 Å². The van der Waals surface area contributed by atoms with Gasteiger partial charge in [-0.25, -0.2) is 4.79 Å². The second kappa shape index (κ2) is 9.28. The van der Waals surface area contributed by atoms with Crippen LogP contribution >= 0.6 is 11.8 Å². The van der Waals surface area contributed by atoms with Gasteiger partial charge in [0.05, 0.1) is 0 Å². The first-order valence-corrected chi connectivity index (χ1v) is 11.2. The Labute approximate surface area is 191 Å². The van der Waals surface area contributed by atoms with Crippen LogP contribution in [0.4, 0.5) is 4.79 Å². The van der Waals surface area contributed by atoms with E-state index in [2.05, 4.69) is 10.7 Å². The average molecular weight is 446 g/mol. The van der Waals surface area contributed by atoms with Crippen LogP contribution in [-0.4, -0.2) is 22.9 Å². The SMILES string of the molecule is CC[C@]1(c2ccccc2)NC(=O)N(NC(=O)[C@@H](Sc2ccccc2)c2ccccc2)C1=O. The second-order valence-corrected chi connectivity index (χ2v) is 8.57. The standard InChI is InChI=1S/C25H23N3O3S/c1-2-25(19-14-8-4-9-15-19)23(30)28(24(31)26-25)27-22(29)21(18-12-6-3-7-13-18)32-20-16-10-5-11-17-20/h3-17,21H,2H2,1H3,(H,26,31)(H,27,29)/t21-,25+/m0/s1. The molecule has 0 radical (unpaired) electrons. The highest BCUT2D eigenvalue weighted by Crippen LogP contribution is 2.36. The van der Waals surface area contributed by atoms with Gasteiger partial charge in [-0.15, -0.1) is 11.8 Å². The van der Waals surface area contributed by atoms with Gasteiger partial charge in [0, 0.05) is 4.90 Å². The van der Waals surface area contributed by atoms with Crippen molar-refractivity contribution in [2.75, 3.05) is 0 Å². The van der Waals surface area contributed by atoms with Crippen molar-refractivity contribution in [3.8, 4) is 0 Å². The van der Waals surface area contributed by atoms with Crippen molar-refractivity contribution in [1.82, 2.24) is 15.8 Å². The molecule has 1 aliphatic rings. The number of hydrogen-bond donors (Lipinski definition) is 2. The summed E-state index contributed by atoms with van der Waals surface area (Å²) in [6, 6.07) is 27.2. The quantitative estimate of drug-likeness (QED) is 0.417. The summed E-state index contributed by atoms with van der Waals surface area (Å²) in [4.78, 5) is 40.3. The Hall–Kier alpha value is -3.58. The lowest BCUT2D eigenvalue weighted by molar-refractivity contribution is -0.139. The predicted octanol–water partition coefficient (Wildman–Crippen LogP) is 4.41. The largest absolute Gasteiger partial charge is 0.344 e. The fourth-order valence-electron chi connectivity index (χ4n) is 3.74. The molecule has 3 aromatic rings. The summed E-state index contributed by atoms with van der Waals surface area (Å²) >= 11 is 1.36. The van der Waals surface area contributed by atoms with Crippen LogP contribution < -0.4 is 10.7 Å². The molecule has 32 heavy (non-hydrogen) atoms. The van der Waals surface area contributed by atoms with Crippen molar-refractivity contribution in [2.45, 2.75) is 29.0 Å².